The normalized spacial score (nSPS) is 26.8. The van der Waals surface area contributed by atoms with Crippen molar-refractivity contribution < 1.29 is 29.9 Å². The van der Waals surface area contributed by atoms with Gasteiger partial charge in [-0.05, 0) is 36.8 Å². The summed E-state index contributed by atoms with van der Waals surface area (Å²) in [7, 11) is 1.63. The van der Waals surface area contributed by atoms with Crippen molar-refractivity contribution in [1.29, 1.82) is 0 Å². The molecule has 0 radical (unpaired) electrons. The van der Waals surface area contributed by atoms with Crippen LogP contribution in [0.5, 0.6) is 5.75 Å². The summed E-state index contributed by atoms with van der Waals surface area (Å²) in [5.41, 5.74) is 3.80. The van der Waals surface area contributed by atoms with Crippen LogP contribution >= 0.6 is 0 Å². The molecule has 5 atom stereocenters. The Kier molecular flexibility index (Phi) is 5.81. The Bertz CT molecular complexity index is 1010. The number of aryl methyl sites for hydroxylation is 1. The first-order valence-corrected chi connectivity index (χ1v) is 9.95. The average Bonchev–Trinajstić information content (AvgIpc) is 3.10. The number of fused-ring (bicyclic) bond motifs is 1. The molecule has 0 saturated carbocycles. The van der Waals surface area contributed by atoms with Crippen LogP contribution in [0.2, 0.25) is 0 Å². The maximum atomic E-state index is 10.6. The standard InChI is InChI=1S/C23H27NO6/c1-13-3-8-18-16(9-13)17(23-22(28)21(27)20(26)19(12-25)30-23)11-24(18)10-14-4-6-15(29-2)7-5-14/h3-9,11,19-23,25-28H,10,12H2,1-2H3/t19-,20-,21+,22-,23+/m1/s1. The Hall–Kier alpha value is -2.42. The van der Waals surface area contributed by atoms with Crippen molar-refractivity contribution in [3.05, 3.63) is 65.4 Å². The highest BCUT2D eigenvalue weighted by molar-refractivity contribution is 5.85. The second-order valence-corrected chi connectivity index (χ2v) is 7.83. The molecule has 0 unspecified atom stereocenters. The van der Waals surface area contributed by atoms with Crippen molar-refractivity contribution in [2.75, 3.05) is 13.7 Å². The van der Waals surface area contributed by atoms with Gasteiger partial charge in [-0.2, -0.15) is 0 Å². The van der Waals surface area contributed by atoms with Gasteiger partial charge in [-0.3, -0.25) is 0 Å². The van der Waals surface area contributed by atoms with Crippen molar-refractivity contribution in [3.63, 3.8) is 0 Å². The number of rotatable bonds is 5. The zero-order valence-corrected chi connectivity index (χ0v) is 17.0. The molecule has 1 aliphatic rings. The molecule has 3 aromatic rings. The third kappa shape index (κ3) is 3.71. The molecule has 30 heavy (non-hydrogen) atoms. The fourth-order valence-electron chi connectivity index (χ4n) is 4.08. The van der Waals surface area contributed by atoms with Gasteiger partial charge in [0.1, 0.15) is 36.3 Å². The predicted octanol–water partition coefficient (Wildman–Crippen LogP) is 1.52. The minimum atomic E-state index is -1.41. The molecule has 1 aliphatic heterocycles. The minimum Gasteiger partial charge on any atom is -0.497 e. The smallest absolute Gasteiger partial charge is 0.118 e. The van der Waals surface area contributed by atoms with Gasteiger partial charge in [0, 0.05) is 29.2 Å². The molecule has 0 amide bonds. The second-order valence-electron chi connectivity index (χ2n) is 7.83. The molecular formula is C23H27NO6. The van der Waals surface area contributed by atoms with E-state index in [9.17, 15) is 20.4 Å². The van der Waals surface area contributed by atoms with Crippen LogP contribution in [0.1, 0.15) is 22.8 Å². The molecule has 1 saturated heterocycles. The topological polar surface area (TPSA) is 104 Å². The lowest BCUT2D eigenvalue weighted by Crippen LogP contribution is -2.55. The molecule has 7 nitrogen and oxygen atoms in total. The number of aromatic nitrogens is 1. The van der Waals surface area contributed by atoms with E-state index >= 15 is 0 Å². The second kappa shape index (κ2) is 8.37. The zero-order chi connectivity index (χ0) is 21.4. The van der Waals surface area contributed by atoms with Gasteiger partial charge < -0.3 is 34.5 Å². The highest BCUT2D eigenvalue weighted by atomic mass is 16.5. The van der Waals surface area contributed by atoms with Gasteiger partial charge in [0.2, 0.25) is 0 Å². The van der Waals surface area contributed by atoms with Crippen LogP contribution in [0.25, 0.3) is 10.9 Å². The van der Waals surface area contributed by atoms with Crippen LogP contribution in [0.3, 0.4) is 0 Å². The molecule has 4 rings (SSSR count). The highest BCUT2D eigenvalue weighted by Gasteiger charge is 2.44. The summed E-state index contributed by atoms with van der Waals surface area (Å²) >= 11 is 0. The number of methoxy groups -OCH3 is 1. The summed E-state index contributed by atoms with van der Waals surface area (Å²) in [4.78, 5) is 0. The number of aliphatic hydroxyl groups excluding tert-OH is 4. The van der Waals surface area contributed by atoms with E-state index in [0.717, 1.165) is 27.8 Å². The minimum absolute atomic E-state index is 0.453. The number of hydrogen-bond donors (Lipinski definition) is 4. The SMILES string of the molecule is COc1ccc(Cn2cc([C@@H]3O[C@H](CO)[C@@H](O)[C@H](O)[C@H]3O)c3cc(C)ccc32)cc1. The summed E-state index contributed by atoms with van der Waals surface area (Å²) in [6, 6.07) is 13.8. The molecule has 2 heterocycles. The molecule has 1 fully saturated rings. The van der Waals surface area contributed by atoms with E-state index in [4.69, 9.17) is 9.47 Å². The van der Waals surface area contributed by atoms with Gasteiger partial charge in [-0.25, -0.2) is 0 Å². The van der Waals surface area contributed by atoms with E-state index in [1.165, 1.54) is 0 Å². The zero-order valence-electron chi connectivity index (χ0n) is 17.0. The van der Waals surface area contributed by atoms with Gasteiger partial charge in [0.05, 0.1) is 13.7 Å². The van der Waals surface area contributed by atoms with E-state index in [-0.39, 0.29) is 0 Å². The van der Waals surface area contributed by atoms with Gasteiger partial charge in [-0.15, -0.1) is 0 Å². The summed E-state index contributed by atoms with van der Waals surface area (Å²) in [6.45, 7) is 2.13. The van der Waals surface area contributed by atoms with Crippen LogP contribution in [-0.2, 0) is 11.3 Å². The predicted molar refractivity (Wildman–Crippen MR) is 111 cm³/mol. The number of ether oxygens (including phenoxy) is 2. The number of benzene rings is 2. The monoisotopic (exact) mass is 413 g/mol. The molecule has 0 spiro atoms. The van der Waals surface area contributed by atoms with E-state index < -0.39 is 37.1 Å². The molecule has 160 valence electrons. The lowest BCUT2D eigenvalue weighted by Gasteiger charge is -2.40. The Morgan fingerprint density at radius 2 is 1.73 bits per heavy atom. The van der Waals surface area contributed by atoms with Gasteiger partial charge >= 0.3 is 0 Å². The third-order valence-corrected chi connectivity index (χ3v) is 5.78. The molecule has 0 aliphatic carbocycles. The van der Waals surface area contributed by atoms with Crippen LogP contribution in [-0.4, -0.2) is 63.1 Å². The van der Waals surface area contributed by atoms with E-state index in [2.05, 4.69) is 4.57 Å². The third-order valence-electron chi connectivity index (χ3n) is 5.78. The number of aliphatic hydroxyl groups is 4. The first-order valence-electron chi connectivity index (χ1n) is 9.95. The summed E-state index contributed by atoms with van der Waals surface area (Å²) < 4.78 is 13.1. The Morgan fingerprint density at radius 3 is 2.40 bits per heavy atom. The summed E-state index contributed by atoms with van der Waals surface area (Å²) in [6.07, 6.45) is -4.02. The number of hydrogen-bond acceptors (Lipinski definition) is 6. The van der Waals surface area contributed by atoms with E-state index in [0.29, 0.717) is 12.1 Å². The molecule has 1 aromatic heterocycles. The van der Waals surface area contributed by atoms with Crippen LogP contribution in [0, 0.1) is 6.92 Å². The number of nitrogens with zero attached hydrogens (tertiary/aromatic N) is 1. The molecule has 7 heteroatoms. The highest BCUT2D eigenvalue weighted by Crippen LogP contribution is 2.37. The molecule has 0 bridgehead atoms. The largest absolute Gasteiger partial charge is 0.497 e. The average molecular weight is 413 g/mol. The van der Waals surface area contributed by atoms with E-state index in [1.54, 1.807) is 7.11 Å². The molecule has 4 N–H and O–H groups in total. The van der Waals surface area contributed by atoms with Crippen molar-refractivity contribution in [2.45, 2.75) is 44.0 Å². The van der Waals surface area contributed by atoms with Gasteiger partial charge in [0.25, 0.3) is 0 Å². The van der Waals surface area contributed by atoms with Crippen LogP contribution in [0.4, 0.5) is 0 Å². The summed E-state index contributed by atoms with van der Waals surface area (Å²) in [5, 5.41) is 41.4. The first-order chi connectivity index (χ1) is 14.4. The quantitative estimate of drug-likeness (QED) is 0.506. The van der Waals surface area contributed by atoms with Crippen molar-refractivity contribution in [1.82, 2.24) is 4.57 Å². The van der Waals surface area contributed by atoms with Crippen LogP contribution < -0.4 is 4.74 Å². The van der Waals surface area contributed by atoms with E-state index in [1.807, 2.05) is 55.6 Å². The fourth-order valence-corrected chi connectivity index (χ4v) is 4.08. The van der Waals surface area contributed by atoms with Gasteiger partial charge in [-0.1, -0.05) is 23.8 Å². The summed E-state index contributed by atoms with van der Waals surface area (Å²) in [5.74, 6) is 0.786. The lowest BCUT2D eigenvalue weighted by molar-refractivity contribution is -0.231. The maximum Gasteiger partial charge on any atom is 0.118 e. The Balaban J connectivity index is 1.75. The van der Waals surface area contributed by atoms with Gasteiger partial charge in [0.15, 0.2) is 0 Å². The maximum absolute atomic E-state index is 10.6. The van der Waals surface area contributed by atoms with Crippen molar-refractivity contribution in [3.8, 4) is 5.75 Å². The van der Waals surface area contributed by atoms with Crippen LogP contribution in [0.15, 0.2) is 48.7 Å². The lowest BCUT2D eigenvalue weighted by atomic mass is 9.91. The van der Waals surface area contributed by atoms with Crippen molar-refractivity contribution >= 4 is 10.9 Å². The fraction of sp³-hybridized carbons (Fsp3) is 0.391. The first kappa shape index (κ1) is 20.8. The Labute approximate surface area is 174 Å². The Morgan fingerprint density at radius 1 is 1.00 bits per heavy atom. The molecular weight excluding hydrogens is 386 g/mol. The molecule has 2 aromatic carbocycles. The van der Waals surface area contributed by atoms with Crippen molar-refractivity contribution in [2.24, 2.45) is 0 Å².